The summed E-state index contributed by atoms with van der Waals surface area (Å²) in [7, 11) is 0. The molecule has 2 aromatic carbocycles. The van der Waals surface area contributed by atoms with Crippen LogP contribution in [0.25, 0.3) is 0 Å². The fraction of sp³-hybridized carbons (Fsp3) is 0.238. The van der Waals surface area contributed by atoms with Crippen LogP contribution in [0.3, 0.4) is 0 Å². The van der Waals surface area contributed by atoms with Crippen LogP contribution < -0.4 is 0 Å². The summed E-state index contributed by atoms with van der Waals surface area (Å²) < 4.78 is 5.36. The summed E-state index contributed by atoms with van der Waals surface area (Å²) in [5, 5.41) is 4.57. The number of benzene rings is 2. The third-order valence-corrected chi connectivity index (χ3v) is 5.59. The van der Waals surface area contributed by atoms with Gasteiger partial charge in [0.05, 0.1) is 11.8 Å². The van der Waals surface area contributed by atoms with Crippen molar-refractivity contribution in [1.82, 2.24) is 5.16 Å². The molecule has 1 heterocycles. The van der Waals surface area contributed by atoms with Crippen molar-refractivity contribution < 1.29 is 9.32 Å². The van der Waals surface area contributed by atoms with Gasteiger partial charge in [0.15, 0.2) is 11.5 Å². The van der Waals surface area contributed by atoms with E-state index in [1.165, 1.54) is 0 Å². The molecule has 0 radical (unpaired) electrons. The Kier molecular flexibility index (Phi) is 4.88. The minimum Gasteiger partial charge on any atom is -0.360 e. The lowest BCUT2D eigenvalue weighted by Gasteiger charge is -2.11. The Bertz CT molecular complexity index is 962. The highest BCUT2D eigenvalue weighted by Gasteiger charge is 2.33. The van der Waals surface area contributed by atoms with Crippen LogP contribution in [-0.4, -0.2) is 17.2 Å². The van der Waals surface area contributed by atoms with Gasteiger partial charge in [0, 0.05) is 21.4 Å². The number of aromatic nitrogens is 1. The van der Waals surface area contributed by atoms with Crippen LogP contribution in [0.15, 0.2) is 58.1 Å². The second-order valence-electron chi connectivity index (χ2n) is 6.54. The van der Waals surface area contributed by atoms with Gasteiger partial charge in [-0.05, 0) is 67.0 Å². The van der Waals surface area contributed by atoms with Crippen LogP contribution in [-0.2, 0) is 6.42 Å². The average molecular weight is 384 g/mol. The molecule has 132 valence electrons. The first-order valence-corrected chi connectivity index (χ1v) is 10.2. The van der Waals surface area contributed by atoms with E-state index < -0.39 is 0 Å². The summed E-state index contributed by atoms with van der Waals surface area (Å²) in [5.41, 5.74) is 3.37. The second-order valence-corrected chi connectivity index (χ2v) is 7.85. The lowest BCUT2D eigenvalue weighted by molar-refractivity contribution is 0.103. The number of hydrogen-bond acceptors (Lipinski definition) is 4. The maximum Gasteiger partial charge on any atom is 0.198 e. The van der Waals surface area contributed by atoms with Crippen molar-refractivity contribution in [2.24, 2.45) is 0 Å². The van der Waals surface area contributed by atoms with E-state index in [0.29, 0.717) is 28.5 Å². The summed E-state index contributed by atoms with van der Waals surface area (Å²) in [6, 6.07) is 13.7. The van der Waals surface area contributed by atoms with Crippen molar-refractivity contribution in [3.05, 3.63) is 81.7 Å². The highest BCUT2D eigenvalue weighted by Crippen LogP contribution is 2.42. The van der Waals surface area contributed by atoms with E-state index in [1.54, 1.807) is 18.0 Å². The maximum atomic E-state index is 13.2. The third-order valence-electron chi connectivity index (χ3n) is 4.63. The molecule has 4 rings (SSSR count). The van der Waals surface area contributed by atoms with E-state index >= 15 is 0 Å². The van der Waals surface area contributed by atoms with Crippen LogP contribution in [0, 0.1) is 0 Å². The quantitative estimate of drug-likeness (QED) is 0.401. The minimum absolute atomic E-state index is 0.0159. The molecular formula is C21H18ClNO2S. The smallest absolute Gasteiger partial charge is 0.198 e. The summed E-state index contributed by atoms with van der Waals surface area (Å²) in [5.74, 6) is 1.06. The molecule has 1 aromatic heterocycles. The molecule has 1 fully saturated rings. The van der Waals surface area contributed by atoms with Gasteiger partial charge in [-0.2, -0.15) is 0 Å². The van der Waals surface area contributed by atoms with E-state index in [0.717, 1.165) is 34.6 Å². The fourth-order valence-electron chi connectivity index (χ4n) is 3.14. The molecule has 0 saturated heterocycles. The van der Waals surface area contributed by atoms with Crippen molar-refractivity contribution in [3.63, 3.8) is 0 Å². The predicted octanol–water partition coefficient (Wildman–Crippen LogP) is 5.75. The Balaban J connectivity index is 1.73. The monoisotopic (exact) mass is 383 g/mol. The van der Waals surface area contributed by atoms with Crippen LogP contribution in [0.2, 0.25) is 5.02 Å². The molecule has 1 saturated carbocycles. The largest absolute Gasteiger partial charge is 0.360 e. The Labute approximate surface area is 161 Å². The average Bonchev–Trinajstić information content (AvgIpc) is 3.37. The standard InChI is InChI=1S/C21H18ClNO2S/c1-26-17-7-8-18(15(11-17)9-13-3-2-4-16(22)10-13)20(24)19-12-23-25-21(19)14-5-6-14/h2-4,7-8,10-12,14H,5-6,9H2,1H3. The first kappa shape index (κ1) is 17.4. The number of nitrogens with zero attached hydrogens (tertiary/aromatic N) is 1. The number of carbonyl (C=O) groups excluding carboxylic acids is 1. The Hall–Kier alpha value is -2.04. The predicted molar refractivity (Wildman–Crippen MR) is 104 cm³/mol. The van der Waals surface area contributed by atoms with Gasteiger partial charge in [-0.15, -0.1) is 11.8 Å². The number of rotatable bonds is 6. The first-order valence-electron chi connectivity index (χ1n) is 8.56. The molecule has 0 amide bonds. The Morgan fingerprint density at radius 3 is 2.81 bits per heavy atom. The zero-order valence-electron chi connectivity index (χ0n) is 14.4. The molecule has 1 aliphatic rings. The second kappa shape index (κ2) is 7.29. The lowest BCUT2D eigenvalue weighted by Crippen LogP contribution is -2.07. The van der Waals surface area contributed by atoms with Gasteiger partial charge >= 0.3 is 0 Å². The molecule has 0 bridgehead atoms. The van der Waals surface area contributed by atoms with Crippen molar-refractivity contribution in [1.29, 1.82) is 0 Å². The van der Waals surface area contributed by atoms with E-state index in [-0.39, 0.29) is 5.78 Å². The zero-order valence-corrected chi connectivity index (χ0v) is 15.9. The first-order chi connectivity index (χ1) is 12.7. The number of thioether (sulfide) groups is 1. The summed E-state index contributed by atoms with van der Waals surface area (Å²) >= 11 is 7.79. The molecular weight excluding hydrogens is 366 g/mol. The molecule has 0 N–H and O–H groups in total. The molecule has 0 atom stereocenters. The molecule has 3 aromatic rings. The van der Waals surface area contributed by atoms with E-state index in [2.05, 4.69) is 11.2 Å². The maximum absolute atomic E-state index is 13.2. The SMILES string of the molecule is CSc1ccc(C(=O)c2cnoc2C2CC2)c(Cc2cccc(Cl)c2)c1. The van der Waals surface area contributed by atoms with Gasteiger partial charge in [-0.3, -0.25) is 4.79 Å². The summed E-state index contributed by atoms with van der Waals surface area (Å²) in [4.78, 5) is 14.3. The lowest BCUT2D eigenvalue weighted by atomic mass is 9.94. The molecule has 5 heteroatoms. The Morgan fingerprint density at radius 1 is 1.23 bits per heavy atom. The third kappa shape index (κ3) is 3.57. The topological polar surface area (TPSA) is 43.1 Å². The summed E-state index contributed by atoms with van der Waals surface area (Å²) in [6.45, 7) is 0. The van der Waals surface area contributed by atoms with Crippen LogP contribution in [0.1, 0.15) is 51.6 Å². The highest BCUT2D eigenvalue weighted by molar-refractivity contribution is 7.98. The van der Waals surface area contributed by atoms with Gasteiger partial charge in [-0.25, -0.2) is 0 Å². The van der Waals surface area contributed by atoms with Crippen molar-refractivity contribution in [3.8, 4) is 0 Å². The number of hydrogen-bond donors (Lipinski definition) is 0. The molecule has 3 nitrogen and oxygen atoms in total. The zero-order chi connectivity index (χ0) is 18.1. The van der Waals surface area contributed by atoms with E-state index in [4.69, 9.17) is 16.1 Å². The van der Waals surface area contributed by atoms with Gasteiger partial charge in [0.2, 0.25) is 0 Å². The van der Waals surface area contributed by atoms with Crippen LogP contribution in [0.5, 0.6) is 0 Å². The fourth-order valence-corrected chi connectivity index (χ4v) is 3.81. The van der Waals surface area contributed by atoms with Crippen molar-refractivity contribution in [2.45, 2.75) is 30.1 Å². The summed E-state index contributed by atoms with van der Waals surface area (Å²) in [6.07, 6.45) is 6.37. The van der Waals surface area contributed by atoms with Gasteiger partial charge in [0.1, 0.15) is 0 Å². The normalized spacial score (nSPS) is 13.8. The van der Waals surface area contributed by atoms with Gasteiger partial charge < -0.3 is 4.52 Å². The number of carbonyl (C=O) groups is 1. The van der Waals surface area contributed by atoms with Crippen molar-refractivity contribution in [2.75, 3.05) is 6.26 Å². The molecule has 0 aliphatic heterocycles. The molecule has 0 unspecified atom stereocenters. The highest BCUT2D eigenvalue weighted by atomic mass is 35.5. The number of halogens is 1. The molecule has 0 spiro atoms. The Morgan fingerprint density at radius 2 is 2.08 bits per heavy atom. The number of ketones is 1. The van der Waals surface area contributed by atoms with Crippen molar-refractivity contribution >= 4 is 29.1 Å². The molecule has 1 aliphatic carbocycles. The van der Waals surface area contributed by atoms with Gasteiger partial charge in [0.25, 0.3) is 0 Å². The minimum atomic E-state index is -0.0159. The van der Waals surface area contributed by atoms with Crippen LogP contribution >= 0.6 is 23.4 Å². The van der Waals surface area contributed by atoms with Crippen LogP contribution in [0.4, 0.5) is 0 Å². The van der Waals surface area contributed by atoms with Gasteiger partial charge in [-0.1, -0.05) is 28.9 Å². The van der Waals surface area contributed by atoms with E-state index in [1.807, 2.05) is 42.7 Å². The molecule has 26 heavy (non-hydrogen) atoms. The van der Waals surface area contributed by atoms with E-state index in [9.17, 15) is 4.79 Å².